The molecule has 0 aromatic heterocycles. The molecule has 6 heteroatoms. The molecule has 2 fully saturated rings. The minimum atomic E-state index is -0.198. The molecule has 2 saturated heterocycles. The Bertz CT molecular complexity index is 501. The molecule has 25 heavy (non-hydrogen) atoms. The SMILES string of the molecule is Cl.O=C(OCc1ccccc1)N1CCC(COC2CCNCC2)CC1. The Morgan fingerprint density at radius 1 is 1.08 bits per heavy atom. The van der Waals surface area contributed by atoms with Gasteiger partial charge in [-0.25, -0.2) is 4.79 Å². The molecular weight excluding hydrogens is 340 g/mol. The van der Waals surface area contributed by atoms with E-state index in [1.165, 1.54) is 0 Å². The van der Waals surface area contributed by atoms with Crippen molar-refractivity contribution in [1.29, 1.82) is 0 Å². The summed E-state index contributed by atoms with van der Waals surface area (Å²) in [5.41, 5.74) is 1.02. The van der Waals surface area contributed by atoms with Crippen LogP contribution in [0.15, 0.2) is 30.3 Å². The van der Waals surface area contributed by atoms with Crippen LogP contribution in [0.3, 0.4) is 0 Å². The summed E-state index contributed by atoms with van der Waals surface area (Å²) < 4.78 is 11.5. The van der Waals surface area contributed by atoms with Crippen LogP contribution in [-0.4, -0.2) is 49.9 Å². The molecule has 140 valence electrons. The number of benzene rings is 1. The maximum atomic E-state index is 12.1. The molecule has 0 aliphatic carbocycles. The summed E-state index contributed by atoms with van der Waals surface area (Å²) in [5.74, 6) is 0.568. The largest absolute Gasteiger partial charge is 0.445 e. The van der Waals surface area contributed by atoms with E-state index in [4.69, 9.17) is 9.47 Å². The van der Waals surface area contributed by atoms with Crippen LogP contribution in [0.25, 0.3) is 0 Å². The van der Waals surface area contributed by atoms with Crippen LogP contribution in [0.1, 0.15) is 31.2 Å². The summed E-state index contributed by atoms with van der Waals surface area (Å²) in [7, 11) is 0. The first-order valence-electron chi connectivity index (χ1n) is 9.09. The molecule has 2 aliphatic heterocycles. The molecule has 2 heterocycles. The Balaban J connectivity index is 0.00000225. The number of piperidine rings is 2. The smallest absolute Gasteiger partial charge is 0.410 e. The Hall–Kier alpha value is -1.30. The van der Waals surface area contributed by atoms with Gasteiger partial charge in [-0.3, -0.25) is 0 Å². The summed E-state index contributed by atoms with van der Waals surface area (Å²) >= 11 is 0. The number of nitrogens with zero attached hydrogens (tertiary/aromatic N) is 1. The summed E-state index contributed by atoms with van der Waals surface area (Å²) in [5, 5.41) is 3.36. The van der Waals surface area contributed by atoms with Gasteiger partial charge in [0, 0.05) is 19.7 Å². The van der Waals surface area contributed by atoms with Gasteiger partial charge in [0.15, 0.2) is 0 Å². The molecule has 2 aliphatic rings. The highest BCUT2D eigenvalue weighted by Crippen LogP contribution is 2.20. The van der Waals surface area contributed by atoms with E-state index >= 15 is 0 Å². The second-order valence-corrected chi connectivity index (χ2v) is 6.75. The zero-order valence-electron chi connectivity index (χ0n) is 14.7. The van der Waals surface area contributed by atoms with Crippen molar-refractivity contribution in [2.24, 2.45) is 5.92 Å². The van der Waals surface area contributed by atoms with Crippen molar-refractivity contribution in [2.75, 3.05) is 32.8 Å². The fourth-order valence-corrected chi connectivity index (χ4v) is 3.33. The van der Waals surface area contributed by atoms with Crippen LogP contribution in [0, 0.1) is 5.92 Å². The molecule has 0 radical (unpaired) electrons. The first-order chi connectivity index (χ1) is 11.8. The Labute approximate surface area is 156 Å². The Kier molecular flexibility index (Phi) is 8.52. The van der Waals surface area contributed by atoms with E-state index in [2.05, 4.69) is 5.32 Å². The van der Waals surface area contributed by atoms with Crippen molar-refractivity contribution >= 4 is 18.5 Å². The molecule has 0 spiro atoms. The normalized spacial score (nSPS) is 19.3. The number of halogens is 1. The van der Waals surface area contributed by atoms with Crippen LogP contribution in [0.2, 0.25) is 0 Å². The average Bonchev–Trinajstić information content (AvgIpc) is 2.66. The lowest BCUT2D eigenvalue weighted by molar-refractivity contribution is -0.00249. The minimum absolute atomic E-state index is 0. The van der Waals surface area contributed by atoms with Gasteiger partial charge in [0.25, 0.3) is 0 Å². The fourth-order valence-electron chi connectivity index (χ4n) is 3.33. The lowest BCUT2D eigenvalue weighted by Gasteiger charge is -2.32. The predicted octanol–water partition coefficient (Wildman–Crippen LogP) is 3.23. The van der Waals surface area contributed by atoms with Crippen LogP contribution < -0.4 is 5.32 Å². The topological polar surface area (TPSA) is 50.8 Å². The zero-order valence-corrected chi connectivity index (χ0v) is 15.5. The number of amides is 1. The summed E-state index contributed by atoms with van der Waals surface area (Å²) in [6, 6.07) is 9.81. The number of rotatable bonds is 5. The Morgan fingerprint density at radius 2 is 1.76 bits per heavy atom. The van der Waals surface area contributed by atoms with Crippen molar-refractivity contribution in [3.63, 3.8) is 0 Å². The monoisotopic (exact) mass is 368 g/mol. The van der Waals surface area contributed by atoms with E-state index in [1.807, 2.05) is 35.2 Å². The number of nitrogens with one attached hydrogen (secondary N) is 1. The third-order valence-electron chi connectivity index (χ3n) is 4.93. The molecule has 0 bridgehead atoms. The van der Waals surface area contributed by atoms with Gasteiger partial charge in [0.2, 0.25) is 0 Å². The summed E-state index contributed by atoms with van der Waals surface area (Å²) in [6.07, 6.45) is 4.46. The highest BCUT2D eigenvalue weighted by atomic mass is 35.5. The molecule has 1 aromatic carbocycles. The van der Waals surface area contributed by atoms with Crippen molar-refractivity contribution < 1.29 is 14.3 Å². The molecule has 1 amide bonds. The van der Waals surface area contributed by atoms with Crippen LogP contribution in [0.4, 0.5) is 4.79 Å². The first-order valence-corrected chi connectivity index (χ1v) is 9.09. The van der Waals surface area contributed by atoms with E-state index in [0.717, 1.165) is 64.0 Å². The maximum Gasteiger partial charge on any atom is 0.410 e. The predicted molar refractivity (Wildman–Crippen MR) is 100 cm³/mol. The van der Waals surface area contributed by atoms with Crippen LogP contribution >= 0.6 is 12.4 Å². The first kappa shape index (κ1) is 20.0. The molecule has 0 saturated carbocycles. The van der Waals surface area contributed by atoms with Gasteiger partial charge in [-0.15, -0.1) is 12.4 Å². The van der Waals surface area contributed by atoms with E-state index in [1.54, 1.807) is 0 Å². The molecular formula is C19H29ClN2O3. The number of ether oxygens (including phenoxy) is 2. The molecule has 5 nitrogen and oxygen atoms in total. The number of hydrogen-bond donors (Lipinski definition) is 1. The van der Waals surface area contributed by atoms with Crippen molar-refractivity contribution in [2.45, 2.75) is 38.4 Å². The third kappa shape index (κ3) is 6.49. The molecule has 1 N–H and O–H groups in total. The lowest BCUT2D eigenvalue weighted by Crippen LogP contribution is -2.40. The Morgan fingerprint density at radius 3 is 2.44 bits per heavy atom. The van der Waals surface area contributed by atoms with Gasteiger partial charge in [0.05, 0.1) is 6.10 Å². The molecule has 0 atom stereocenters. The van der Waals surface area contributed by atoms with Gasteiger partial charge in [-0.1, -0.05) is 30.3 Å². The maximum absolute atomic E-state index is 12.1. The van der Waals surface area contributed by atoms with Crippen LogP contribution in [-0.2, 0) is 16.1 Å². The number of carbonyl (C=O) groups excluding carboxylic acids is 1. The number of hydrogen-bond acceptors (Lipinski definition) is 4. The van der Waals surface area contributed by atoms with E-state index in [0.29, 0.717) is 18.6 Å². The summed E-state index contributed by atoms with van der Waals surface area (Å²) in [4.78, 5) is 14.0. The van der Waals surface area contributed by atoms with E-state index in [-0.39, 0.29) is 18.5 Å². The standard InChI is InChI=1S/C19H28N2O3.ClH/c22-19(24-15-16-4-2-1-3-5-16)21-12-8-17(9-13-21)14-23-18-6-10-20-11-7-18;/h1-5,17-18,20H,6-15H2;1H. The van der Waals surface area contributed by atoms with Crippen molar-refractivity contribution in [3.05, 3.63) is 35.9 Å². The average molecular weight is 369 g/mol. The number of likely N-dealkylation sites (tertiary alicyclic amines) is 1. The second-order valence-electron chi connectivity index (χ2n) is 6.75. The third-order valence-corrected chi connectivity index (χ3v) is 4.93. The van der Waals surface area contributed by atoms with Gasteiger partial charge in [-0.2, -0.15) is 0 Å². The fraction of sp³-hybridized carbons (Fsp3) is 0.632. The highest BCUT2D eigenvalue weighted by molar-refractivity contribution is 5.85. The minimum Gasteiger partial charge on any atom is -0.445 e. The molecule has 3 rings (SSSR count). The van der Waals surface area contributed by atoms with Crippen LogP contribution in [0.5, 0.6) is 0 Å². The summed E-state index contributed by atoms with van der Waals surface area (Å²) in [6.45, 7) is 4.85. The zero-order chi connectivity index (χ0) is 16.6. The molecule has 0 unspecified atom stereocenters. The van der Waals surface area contributed by atoms with Gasteiger partial charge >= 0.3 is 6.09 Å². The van der Waals surface area contributed by atoms with Gasteiger partial charge < -0.3 is 19.7 Å². The van der Waals surface area contributed by atoms with Gasteiger partial charge in [-0.05, 0) is 50.3 Å². The van der Waals surface area contributed by atoms with Crippen molar-refractivity contribution in [1.82, 2.24) is 10.2 Å². The van der Waals surface area contributed by atoms with Crippen molar-refractivity contribution in [3.8, 4) is 0 Å². The van der Waals surface area contributed by atoms with E-state index in [9.17, 15) is 4.79 Å². The lowest BCUT2D eigenvalue weighted by atomic mass is 9.98. The number of carbonyl (C=O) groups is 1. The molecule has 1 aromatic rings. The second kappa shape index (κ2) is 10.6. The van der Waals surface area contributed by atoms with E-state index < -0.39 is 0 Å². The highest BCUT2D eigenvalue weighted by Gasteiger charge is 2.25. The van der Waals surface area contributed by atoms with Gasteiger partial charge in [0.1, 0.15) is 6.61 Å². The quantitative estimate of drug-likeness (QED) is 0.866.